The predicted molar refractivity (Wildman–Crippen MR) is 141 cm³/mol. The number of aromatic nitrogens is 6. The van der Waals surface area contributed by atoms with Crippen LogP contribution >= 0.6 is 0 Å². The van der Waals surface area contributed by atoms with Crippen molar-refractivity contribution < 1.29 is 9.18 Å². The third-order valence-electron chi connectivity index (χ3n) is 6.77. The molecule has 4 aromatic heterocycles. The number of hydrogen-bond donors (Lipinski definition) is 1. The zero-order valence-electron chi connectivity index (χ0n) is 21.2. The predicted octanol–water partition coefficient (Wildman–Crippen LogP) is 3.48. The van der Waals surface area contributed by atoms with Crippen LogP contribution in [0.25, 0.3) is 21.8 Å². The topological polar surface area (TPSA) is 108 Å². The minimum atomic E-state index is -0.634. The van der Waals surface area contributed by atoms with Crippen molar-refractivity contribution in [1.29, 1.82) is 0 Å². The lowest BCUT2D eigenvalue weighted by Gasteiger charge is -2.22. The second-order valence-corrected chi connectivity index (χ2v) is 9.66. The number of fused-ring (bicyclic) bond motifs is 3. The molecule has 1 aliphatic carbocycles. The highest BCUT2D eigenvalue weighted by Gasteiger charge is 2.34. The summed E-state index contributed by atoms with van der Waals surface area (Å²) in [6.07, 6.45) is 6.96. The van der Waals surface area contributed by atoms with E-state index in [9.17, 15) is 4.79 Å². The molecule has 38 heavy (non-hydrogen) atoms. The molecule has 6 rings (SSSR count). The van der Waals surface area contributed by atoms with Crippen LogP contribution in [-0.2, 0) is 20.6 Å². The molecule has 0 spiro atoms. The van der Waals surface area contributed by atoms with Crippen molar-refractivity contribution in [2.24, 2.45) is 14.1 Å². The average molecular weight is 509 g/mol. The lowest BCUT2D eigenvalue weighted by Crippen LogP contribution is -2.33. The Morgan fingerprint density at radius 3 is 2.68 bits per heavy atom. The smallest absolute Gasteiger partial charge is 0.257 e. The van der Waals surface area contributed by atoms with Gasteiger partial charge in [-0.1, -0.05) is 5.92 Å². The van der Waals surface area contributed by atoms with Crippen LogP contribution in [0.1, 0.15) is 45.7 Å². The van der Waals surface area contributed by atoms with Crippen LogP contribution < -0.4 is 5.73 Å². The molecule has 0 aliphatic heterocycles. The largest absolute Gasteiger partial charge is 0.383 e. The first kappa shape index (κ1) is 23.6. The Bertz CT molecular complexity index is 1790. The van der Waals surface area contributed by atoms with E-state index >= 15 is 4.39 Å². The second kappa shape index (κ2) is 8.95. The summed E-state index contributed by atoms with van der Waals surface area (Å²) in [5, 5.41) is 9.88. The molecule has 10 heteroatoms. The van der Waals surface area contributed by atoms with Gasteiger partial charge in [-0.2, -0.15) is 10.2 Å². The quantitative estimate of drug-likeness (QED) is 0.373. The summed E-state index contributed by atoms with van der Waals surface area (Å²) in [6.45, 7) is 2.24. The number of nitrogens with two attached hydrogens (primary N) is 1. The lowest BCUT2D eigenvalue weighted by molar-refractivity contribution is 0.0723. The third kappa shape index (κ3) is 4.22. The van der Waals surface area contributed by atoms with Crippen LogP contribution in [0.15, 0.2) is 42.9 Å². The molecular weight excluding hydrogens is 483 g/mol. The maximum atomic E-state index is 15.2. The number of rotatable bonds is 4. The molecule has 1 saturated carbocycles. The van der Waals surface area contributed by atoms with Crippen LogP contribution in [-0.4, -0.2) is 46.4 Å². The Labute approximate surface area is 218 Å². The maximum absolute atomic E-state index is 15.2. The van der Waals surface area contributed by atoms with E-state index in [0.717, 1.165) is 29.7 Å². The molecule has 2 N–H and O–H groups in total. The highest BCUT2D eigenvalue weighted by Crippen LogP contribution is 2.33. The van der Waals surface area contributed by atoms with Crippen molar-refractivity contribution in [3.8, 4) is 11.8 Å². The maximum Gasteiger partial charge on any atom is 0.257 e. The van der Waals surface area contributed by atoms with Crippen LogP contribution in [0.2, 0.25) is 0 Å². The van der Waals surface area contributed by atoms with Gasteiger partial charge >= 0.3 is 0 Å². The number of nitrogen functional groups attached to an aromatic ring is 1. The summed E-state index contributed by atoms with van der Waals surface area (Å²) < 4.78 is 18.6. The van der Waals surface area contributed by atoms with E-state index in [0.29, 0.717) is 27.5 Å². The molecule has 190 valence electrons. The minimum absolute atomic E-state index is 0.00770. The Kier molecular flexibility index (Phi) is 5.56. The molecule has 0 atom stereocenters. The van der Waals surface area contributed by atoms with Crippen molar-refractivity contribution in [2.45, 2.75) is 32.4 Å². The van der Waals surface area contributed by atoms with E-state index in [1.807, 2.05) is 32.3 Å². The highest BCUT2D eigenvalue weighted by atomic mass is 19.1. The number of carbonyl (C=O) groups excluding carboxylic acids is 1. The first-order valence-corrected chi connectivity index (χ1v) is 12.3. The molecule has 0 unspecified atom stereocenters. The fourth-order valence-corrected chi connectivity index (χ4v) is 4.68. The summed E-state index contributed by atoms with van der Waals surface area (Å²) in [5.74, 6) is 5.41. The Hall–Kier alpha value is -4.78. The lowest BCUT2D eigenvalue weighted by atomic mass is 10.1. The summed E-state index contributed by atoms with van der Waals surface area (Å²) in [6, 6.07) is 6.60. The van der Waals surface area contributed by atoms with E-state index in [2.05, 4.69) is 32.0 Å². The van der Waals surface area contributed by atoms with Gasteiger partial charge in [0.05, 0.1) is 40.4 Å². The SMILES string of the molecule is Cc1cn(C)nc1C#Cc1ccc(CN(C(=O)c2cc3c(cc2F)nc(N)c2cnn(C)c23)C2CC2)nc1. The number of benzene rings is 1. The summed E-state index contributed by atoms with van der Waals surface area (Å²) >= 11 is 0. The number of amides is 1. The van der Waals surface area contributed by atoms with E-state index in [1.54, 1.807) is 39.8 Å². The normalized spacial score (nSPS) is 13.1. The van der Waals surface area contributed by atoms with E-state index in [1.165, 1.54) is 6.07 Å². The highest BCUT2D eigenvalue weighted by molar-refractivity contribution is 6.10. The van der Waals surface area contributed by atoms with Crippen LogP contribution in [0.3, 0.4) is 0 Å². The zero-order chi connectivity index (χ0) is 26.6. The van der Waals surface area contributed by atoms with Crippen LogP contribution in [0, 0.1) is 24.6 Å². The van der Waals surface area contributed by atoms with Crippen LogP contribution in [0.5, 0.6) is 0 Å². The van der Waals surface area contributed by atoms with Crippen molar-refractivity contribution in [2.75, 3.05) is 5.73 Å². The van der Waals surface area contributed by atoms with Gasteiger partial charge in [0.15, 0.2) is 0 Å². The Morgan fingerprint density at radius 1 is 1.18 bits per heavy atom. The molecule has 1 aliphatic rings. The molecule has 5 aromatic rings. The molecule has 1 fully saturated rings. The van der Waals surface area contributed by atoms with Crippen molar-refractivity contribution in [3.05, 3.63) is 76.8 Å². The van der Waals surface area contributed by atoms with Gasteiger partial charge in [0, 0.05) is 55.1 Å². The number of nitrogens with zero attached hydrogens (tertiary/aromatic N) is 7. The van der Waals surface area contributed by atoms with E-state index in [4.69, 9.17) is 5.73 Å². The van der Waals surface area contributed by atoms with Gasteiger partial charge < -0.3 is 10.6 Å². The fraction of sp³-hybridized carbons (Fsp3) is 0.250. The Morgan fingerprint density at radius 2 is 2.00 bits per heavy atom. The number of pyridine rings is 2. The van der Waals surface area contributed by atoms with Gasteiger partial charge in [-0.15, -0.1) is 0 Å². The number of hydrogen-bond acceptors (Lipinski definition) is 6. The number of anilines is 1. The Balaban J connectivity index is 1.29. The van der Waals surface area contributed by atoms with Gasteiger partial charge in [0.2, 0.25) is 0 Å². The first-order chi connectivity index (χ1) is 18.3. The summed E-state index contributed by atoms with van der Waals surface area (Å²) in [5.41, 5.74) is 10.3. The first-order valence-electron chi connectivity index (χ1n) is 12.3. The zero-order valence-corrected chi connectivity index (χ0v) is 21.2. The van der Waals surface area contributed by atoms with Crippen molar-refractivity contribution in [1.82, 2.24) is 34.4 Å². The summed E-state index contributed by atoms with van der Waals surface area (Å²) in [4.78, 5) is 24.2. The number of aryl methyl sites for hydroxylation is 3. The third-order valence-corrected chi connectivity index (χ3v) is 6.77. The molecule has 9 nitrogen and oxygen atoms in total. The summed E-state index contributed by atoms with van der Waals surface area (Å²) in [7, 11) is 3.64. The number of halogens is 1. The molecule has 1 aromatic carbocycles. The average Bonchev–Trinajstić information content (AvgIpc) is 3.58. The second-order valence-electron chi connectivity index (χ2n) is 9.66. The molecule has 0 radical (unpaired) electrons. The molecule has 4 heterocycles. The van der Waals surface area contributed by atoms with Gasteiger partial charge in [-0.25, -0.2) is 9.37 Å². The molecule has 1 amide bonds. The minimum Gasteiger partial charge on any atom is -0.383 e. The molecule has 0 saturated heterocycles. The van der Waals surface area contributed by atoms with Gasteiger partial charge in [0.25, 0.3) is 5.91 Å². The van der Waals surface area contributed by atoms with Crippen molar-refractivity contribution in [3.63, 3.8) is 0 Å². The van der Waals surface area contributed by atoms with E-state index in [-0.39, 0.29) is 29.9 Å². The standard InChI is InChI=1S/C28H25FN8O/c1-16-14-35(2)34-24(16)9-5-17-4-6-18(31-12-17)15-37(19-7-8-19)28(38)20-10-21-25(11-23(20)29)33-27(30)22-13-32-36(3)26(21)22/h4,6,10-14,19H,7-8,15H2,1-3H3,(H2,30,33). The van der Waals surface area contributed by atoms with Crippen molar-refractivity contribution >= 4 is 33.5 Å². The fourth-order valence-electron chi connectivity index (χ4n) is 4.68. The molecular formula is C28H25FN8O. The van der Waals surface area contributed by atoms with Gasteiger partial charge in [0.1, 0.15) is 17.3 Å². The van der Waals surface area contributed by atoms with Gasteiger partial charge in [-0.05, 0) is 43.9 Å². The molecule has 0 bridgehead atoms. The van der Waals surface area contributed by atoms with Crippen LogP contribution in [0.4, 0.5) is 10.2 Å². The monoisotopic (exact) mass is 508 g/mol. The van der Waals surface area contributed by atoms with E-state index < -0.39 is 5.82 Å². The van der Waals surface area contributed by atoms with Gasteiger partial charge in [-0.3, -0.25) is 19.1 Å². The number of carbonyl (C=O) groups is 1.